The monoisotopic (exact) mass is 338 g/mol. The predicted molar refractivity (Wildman–Crippen MR) is 94.3 cm³/mol. The molecule has 0 bridgehead atoms. The van der Waals surface area contributed by atoms with Gasteiger partial charge in [0.25, 0.3) is 0 Å². The third-order valence-electron chi connectivity index (χ3n) is 4.75. The average Bonchev–Trinajstić information content (AvgIpc) is 3.24. The summed E-state index contributed by atoms with van der Waals surface area (Å²) in [5, 5.41) is 3.32. The van der Waals surface area contributed by atoms with Crippen molar-refractivity contribution in [3.8, 4) is 5.75 Å². The first-order valence-corrected chi connectivity index (χ1v) is 8.40. The summed E-state index contributed by atoms with van der Waals surface area (Å²) in [7, 11) is 1.71. The van der Waals surface area contributed by atoms with Crippen molar-refractivity contribution in [3.05, 3.63) is 29.8 Å². The van der Waals surface area contributed by atoms with Crippen LogP contribution in [0.4, 0.5) is 0 Å². The van der Waals surface area contributed by atoms with Crippen LogP contribution in [-0.4, -0.2) is 43.6 Å². The number of para-hydroxylation sites is 1. The van der Waals surface area contributed by atoms with Crippen molar-refractivity contribution in [2.45, 2.75) is 38.1 Å². The van der Waals surface area contributed by atoms with Crippen LogP contribution < -0.4 is 10.1 Å². The van der Waals surface area contributed by atoms with Crippen LogP contribution in [0.1, 0.15) is 31.2 Å². The summed E-state index contributed by atoms with van der Waals surface area (Å²) in [5.74, 6) is 1.99. The van der Waals surface area contributed by atoms with Crippen LogP contribution in [0.3, 0.4) is 0 Å². The maximum Gasteiger partial charge on any atom is 0.236 e. The van der Waals surface area contributed by atoms with Crippen LogP contribution in [0.2, 0.25) is 0 Å². The molecule has 1 aliphatic heterocycles. The lowest BCUT2D eigenvalue weighted by atomic mass is 10.0. The third kappa shape index (κ3) is 4.85. The number of nitrogens with one attached hydrogen (secondary N) is 1. The Balaban J connectivity index is 0.00000192. The molecule has 1 atom stereocenters. The van der Waals surface area contributed by atoms with Crippen molar-refractivity contribution in [1.82, 2.24) is 10.2 Å². The van der Waals surface area contributed by atoms with Crippen LogP contribution in [0.15, 0.2) is 24.3 Å². The number of rotatable bonds is 7. The molecule has 1 N–H and O–H groups in total. The molecule has 0 spiro atoms. The normalized spacial score (nSPS) is 20.2. The number of nitrogens with zero attached hydrogens (tertiary/aromatic N) is 1. The first-order valence-electron chi connectivity index (χ1n) is 8.40. The second kappa shape index (κ2) is 8.55. The molecule has 3 rings (SSSR count). The van der Waals surface area contributed by atoms with Crippen molar-refractivity contribution in [2.75, 3.05) is 26.7 Å². The molecule has 2 aliphatic rings. The van der Waals surface area contributed by atoms with Crippen molar-refractivity contribution < 1.29 is 9.53 Å². The third-order valence-corrected chi connectivity index (χ3v) is 4.75. The second-order valence-electron chi connectivity index (χ2n) is 6.47. The summed E-state index contributed by atoms with van der Waals surface area (Å²) in [6.07, 6.45) is 5.72. The second-order valence-corrected chi connectivity index (χ2v) is 6.47. The van der Waals surface area contributed by atoms with E-state index in [0.29, 0.717) is 12.6 Å². The molecule has 4 nitrogen and oxygen atoms in total. The van der Waals surface area contributed by atoms with Gasteiger partial charge < -0.3 is 15.0 Å². The number of carbonyl (C=O) groups is 1. The van der Waals surface area contributed by atoms with E-state index in [0.717, 1.165) is 44.0 Å². The Labute approximate surface area is 145 Å². The summed E-state index contributed by atoms with van der Waals surface area (Å²) in [4.78, 5) is 14.5. The average molecular weight is 339 g/mol. The van der Waals surface area contributed by atoms with Gasteiger partial charge in [0.2, 0.25) is 5.91 Å². The zero-order valence-corrected chi connectivity index (χ0v) is 14.6. The Bertz CT molecular complexity index is 519. The van der Waals surface area contributed by atoms with E-state index >= 15 is 0 Å². The molecule has 1 heterocycles. The number of hydrogen-bond donors (Lipinski definition) is 1. The van der Waals surface area contributed by atoms with Gasteiger partial charge in [-0.2, -0.15) is 0 Å². The van der Waals surface area contributed by atoms with Gasteiger partial charge in [-0.05, 0) is 56.2 Å². The highest BCUT2D eigenvalue weighted by atomic mass is 35.5. The van der Waals surface area contributed by atoms with Crippen molar-refractivity contribution in [3.63, 3.8) is 0 Å². The molecule has 0 radical (unpaired) electrons. The molecule has 1 saturated carbocycles. The SMILES string of the molecule is COc1ccccc1CC1CCCN1C(=O)CNCC1CC1.Cl. The Kier molecular flexibility index (Phi) is 6.72. The first kappa shape index (κ1) is 18.1. The van der Waals surface area contributed by atoms with Gasteiger partial charge in [0.15, 0.2) is 0 Å². The summed E-state index contributed by atoms with van der Waals surface area (Å²) >= 11 is 0. The fourth-order valence-electron chi connectivity index (χ4n) is 3.31. The lowest BCUT2D eigenvalue weighted by Gasteiger charge is -2.25. The van der Waals surface area contributed by atoms with E-state index in [1.807, 2.05) is 18.2 Å². The first-order chi connectivity index (χ1) is 10.8. The standard InChI is InChI=1S/C18H26N2O2.ClH/c1-22-17-7-3-2-5-15(17)11-16-6-4-10-20(16)18(21)13-19-12-14-8-9-14;/h2-3,5,7,14,16,19H,4,6,8-13H2,1H3;1H. The van der Waals surface area contributed by atoms with E-state index in [1.54, 1.807) is 7.11 Å². The number of halogens is 1. The molecule has 1 amide bonds. The molecule has 128 valence electrons. The van der Waals surface area contributed by atoms with Gasteiger partial charge in [-0.25, -0.2) is 0 Å². The Morgan fingerprint density at radius 3 is 2.83 bits per heavy atom. The molecule has 1 aliphatic carbocycles. The summed E-state index contributed by atoms with van der Waals surface area (Å²) in [5.41, 5.74) is 1.20. The Morgan fingerprint density at radius 1 is 1.30 bits per heavy atom. The quantitative estimate of drug-likeness (QED) is 0.831. The highest BCUT2D eigenvalue weighted by molar-refractivity contribution is 5.85. The molecule has 1 aromatic carbocycles. The van der Waals surface area contributed by atoms with Crippen molar-refractivity contribution >= 4 is 18.3 Å². The maximum atomic E-state index is 12.4. The van der Waals surface area contributed by atoms with Gasteiger partial charge >= 0.3 is 0 Å². The number of amides is 1. The minimum absolute atomic E-state index is 0. The van der Waals surface area contributed by atoms with Gasteiger partial charge in [0, 0.05) is 12.6 Å². The smallest absolute Gasteiger partial charge is 0.236 e. The number of hydrogen-bond acceptors (Lipinski definition) is 3. The largest absolute Gasteiger partial charge is 0.496 e. The molecule has 1 saturated heterocycles. The lowest BCUT2D eigenvalue weighted by Crippen LogP contribution is -2.42. The number of benzene rings is 1. The summed E-state index contributed by atoms with van der Waals surface area (Å²) in [6, 6.07) is 8.43. The fourth-order valence-corrected chi connectivity index (χ4v) is 3.31. The highest BCUT2D eigenvalue weighted by Gasteiger charge is 2.29. The topological polar surface area (TPSA) is 41.6 Å². The van der Waals surface area contributed by atoms with E-state index in [1.165, 1.54) is 18.4 Å². The van der Waals surface area contributed by atoms with Gasteiger partial charge in [0.05, 0.1) is 13.7 Å². The Hall–Kier alpha value is -1.26. The molecular weight excluding hydrogens is 312 g/mol. The van der Waals surface area contributed by atoms with E-state index in [-0.39, 0.29) is 18.3 Å². The van der Waals surface area contributed by atoms with E-state index in [9.17, 15) is 4.79 Å². The number of ether oxygens (including phenoxy) is 1. The predicted octanol–water partition coefficient (Wildman–Crippen LogP) is 2.65. The zero-order valence-electron chi connectivity index (χ0n) is 13.8. The minimum Gasteiger partial charge on any atom is -0.496 e. The molecule has 5 heteroatoms. The van der Waals surface area contributed by atoms with Gasteiger partial charge in [0.1, 0.15) is 5.75 Å². The molecule has 1 aromatic rings. The number of carbonyl (C=O) groups excluding carboxylic acids is 1. The molecule has 23 heavy (non-hydrogen) atoms. The van der Waals surface area contributed by atoms with Crippen molar-refractivity contribution in [2.24, 2.45) is 5.92 Å². The van der Waals surface area contributed by atoms with Gasteiger partial charge in [-0.15, -0.1) is 12.4 Å². The number of likely N-dealkylation sites (tertiary alicyclic amines) is 1. The molecule has 2 fully saturated rings. The van der Waals surface area contributed by atoms with Gasteiger partial charge in [-0.1, -0.05) is 18.2 Å². The lowest BCUT2D eigenvalue weighted by molar-refractivity contribution is -0.131. The minimum atomic E-state index is 0. The van der Waals surface area contributed by atoms with Crippen LogP contribution in [0.25, 0.3) is 0 Å². The van der Waals surface area contributed by atoms with Crippen molar-refractivity contribution in [1.29, 1.82) is 0 Å². The summed E-state index contributed by atoms with van der Waals surface area (Å²) in [6.45, 7) is 2.37. The number of methoxy groups -OCH3 is 1. The molecule has 0 aromatic heterocycles. The van der Waals surface area contributed by atoms with E-state index in [2.05, 4.69) is 16.3 Å². The van der Waals surface area contributed by atoms with Crippen LogP contribution in [-0.2, 0) is 11.2 Å². The van der Waals surface area contributed by atoms with Crippen LogP contribution >= 0.6 is 12.4 Å². The maximum absolute atomic E-state index is 12.4. The summed E-state index contributed by atoms with van der Waals surface area (Å²) < 4.78 is 5.43. The van der Waals surface area contributed by atoms with Crippen LogP contribution in [0, 0.1) is 5.92 Å². The van der Waals surface area contributed by atoms with E-state index in [4.69, 9.17) is 4.74 Å². The molecular formula is C18H27ClN2O2. The zero-order chi connectivity index (χ0) is 15.4. The van der Waals surface area contributed by atoms with Crippen LogP contribution in [0.5, 0.6) is 5.75 Å². The molecule has 1 unspecified atom stereocenters. The Morgan fingerprint density at radius 2 is 2.09 bits per heavy atom. The fraction of sp³-hybridized carbons (Fsp3) is 0.611. The van der Waals surface area contributed by atoms with Gasteiger partial charge in [-0.3, -0.25) is 4.79 Å². The highest BCUT2D eigenvalue weighted by Crippen LogP contribution is 2.28. The van der Waals surface area contributed by atoms with E-state index < -0.39 is 0 Å².